The van der Waals surface area contributed by atoms with Crippen LogP contribution in [0.1, 0.15) is 85.5 Å². The number of carbonyl (C=O) groups is 2. The minimum atomic E-state index is 0.459. The molecule has 0 unspecified atom stereocenters. The lowest BCUT2D eigenvalue weighted by molar-refractivity contribution is -0.104. The number of allylic oxidation sites excluding steroid dienone is 8. The summed E-state index contributed by atoms with van der Waals surface area (Å²) in [4.78, 5) is 19.8. The van der Waals surface area contributed by atoms with Crippen LogP contribution in [-0.2, 0) is 9.59 Å². The molecule has 0 aliphatic heterocycles. The third-order valence-electron chi connectivity index (χ3n) is 3.65. The Labute approximate surface area is 162 Å². The molecule has 0 spiro atoms. The van der Waals surface area contributed by atoms with Crippen molar-refractivity contribution in [2.45, 2.75) is 85.5 Å². The summed E-state index contributed by atoms with van der Waals surface area (Å²) < 4.78 is 0. The molecule has 0 amide bonds. The molecule has 2 nitrogen and oxygen atoms in total. The molecule has 0 N–H and O–H groups in total. The van der Waals surface area contributed by atoms with Crippen LogP contribution in [0.2, 0.25) is 0 Å². The van der Waals surface area contributed by atoms with E-state index in [1.165, 1.54) is 57.1 Å². The van der Waals surface area contributed by atoms with E-state index in [2.05, 4.69) is 39.8 Å². The van der Waals surface area contributed by atoms with Crippen molar-refractivity contribution in [1.29, 1.82) is 0 Å². The maximum atomic E-state index is 9.93. The average molecular weight is 361 g/mol. The van der Waals surface area contributed by atoms with Gasteiger partial charge < -0.3 is 0 Å². The van der Waals surface area contributed by atoms with E-state index in [4.69, 9.17) is 0 Å². The van der Waals surface area contributed by atoms with Gasteiger partial charge in [-0.2, -0.15) is 0 Å². The third-order valence-corrected chi connectivity index (χ3v) is 3.65. The number of unbranched alkanes of at least 4 members (excludes halogenated alkanes) is 6. The van der Waals surface area contributed by atoms with Crippen molar-refractivity contribution in [3.05, 3.63) is 48.6 Å². The van der Waals surface area contributed by atoms with Crippen LogP contribution >= 0.6 is 0 Å². The van der Waals surface area contributed by atoms with Crippen LogP contribution in [0.3, 0.4) is 0 Å². The molecule has 0 aliphatic carbocycles. The SMILES string of the molecule is CC(C)(C)CCCCC=CC=CC=O.CCCCCCC=CC=CC=O. The fourth-order valence-corrected chi connectivity index (χ4v) is 2.18. The highest BCUT2D eigenvalue weighted by Gasteiger charge is 2.07. The Bertz CT molecular complexity index is 420. The predicted molar refractivity (Wildman–Crippen MR) is 115 cm³/mol. The van der Waals surface area contributed by atoms with Crippen molar-refractivity contribution in [3.8, 4) is 0 Å². The lowest BCUT2D eigenvalue weighted by Gasteiger charge is -2.16. The van der Waals surface area contributed by atoms with Crippen LogP contribution in [0, 0.1) is 5.41 Å². The first-order valence-corrected chi connectivity index (χ1v) is 10.0. The molecule has 0 aromatic rings. The zero-order valence-corrected chi connectivity index (χ0v) is 17.5. The van der Waals surface area contributed by atoms with Gasteiger partial charge in [0, 0.05) is 0 Å². The maximum absolute atomic E-state index is 9.93. The van der Waals surface area contributed by atoms with E-state index in [0.29, 0.717) is 5.41 Å². The summed E-state index contributed by atoms with van der Waals surface area (Å²) in [6, 6.07) is 0. The summed E-state index contributed by atoms with van der Waals surface area (Å²) in [7, 11) is 0. The molecule has 26 heavy (non-hydrogen) atoms. The minimum absolute atomic E-state index is 0.459. The summed E-state index contributed by atoms with van der Waals surface area (Å²) in [6.07, 6.45) is 27.5. The topological polar surface area (TPSA) is 34.1 Å². The molecule has 0 fully saturated rings. The van der Waals surface area contributed by atoms with Gasteiger partial charge in [0.25, 0.3) is 0 Å². The molecule has 0 radical (unpaired) electrons. The van der Waals surface area contributed by atoms with E-state index in [-0.39, 0.29) is 0 Å². The van der Waals surface area contributed by atoms with Crippen LogP contribution in [0.15, 0.2) is 48.6 Å². The number of aldehydes is 2. The number of hydrogen-bond donors (Lipinski definition) is 0. The normalized spacial score (nSPS) is 12.2. The van der Waals surface area contributed by atoms with Crippen LogP contribution in [0.4, 0.5) is 0 Å². The van der Waals surface area contributed by atoms with E-state index in [1.54, 1.807) is 12.2 Å². The van der Waals surface area contributed by atoms with E-state index in [0.717, 1.165) is 25.4 Å². The molecule has 0 aromatic carbocycles. The minimum Gasteiger partial charge on any atom is -0.299 e. The summed E-state index contributed by atoms with van der Waals surface area (Å²) in [5, 5.41) is 0. The Balaban J connectivity index is 0. The molecule has 2 heteroatoms. The van der Waals surface area contributed by atoms with Gasteiger partial charge in [0.15, 0.2) is 0 Å². The van der Waals surface area contributed by atoms with E-state index in [9.17, 15) is 9.59 Å². The van der Waals surface area contributed by atoms with E-state index < -0.39 is 0 Å². The molecule has 148 valence electrons. The van der Waals surface area contributed by atoms with Gasteiger partial charge in [0.2, 0.25) is 0 Å². The second-order valence-electron chi connectivity index (χ2n) is 7.55. The first kappa shape index (κ1) is 26.5. The van der Waals surface area contributed by atoms with E-state index in [1.807, 2.05) is 12.2 Å². The molecular formula is C24H40O2. The first-order chi connectivity index (χ1) is 12.5. The smallest absolute Gasteiger partial charge is 0.142 e. The van der Waals surface area contributed by atoms with Gasteiger partial charge in [-0.3, -0.25) is 9.59 Å². The van der Waals surface area contributed by atoms with E-state index >= 15 is 0 Å². The molecule has 0 aliphatic rings. The second-order valence-corrected chi connectivity index (χ2v) is 7.55. The summed E-state index contributed by atoms with van der Waals surface area (Å²) in [5.41, 5.74) is 0.459. The maximum Gasteiger partial charge on any atom is 0.142 e. The number of rotatable bonds is 13. The zero-order chi connectivity index (χ0) is 19.9. The largest absolute Gasteiger partial charge is 0.299 e. The van der Waals surface area contributed by atoms with Gasteiger partial charge in [-0.15, -0.1) is 0 Å². The Morgan fingerprint density at radius 2 is 1.12 bits per heavy atom. The van der Waals surface area contributed by atoms with Crippen LogP contribution < -0.4 is 0 Å². The van der Waals surface area contributed by atoms with Gasteiger partial charge in [0.05, 0.1) is 0 Å². The lowest BCUT2D eigenvalue weighted by Crippen LogP contribution is -2.03. The quantitative estimate of drug-likeness (QED) is 0.151. The monoisotopic (exact) mass is 360 g/mol. The summed E-state index contributed by atoms with van der Waals surface area (Å²) in [6.45, 7) is 9.03. The summed E-state index contributed by atoms with van der Waals surface area (Å²) in [5.74, 6) is 0. The zero-order valence-electron chi connectivity index (χ0n) is 17.5. The van der Waals surface area contributed by atoms with Crippen LogP contribution in [0.5, 0.6) is 0 Å². The standard InChI is InChI=1S/C13H22O.C11H18O/c1-13(2,3)11-9-7-5-4-6-8-10-12-14;1-2-3-4-5-6-7-8-9-10-11-12/h4,6,8,10,12H,5,7,9,11H2,1-3H3;7-11H,2-6H2,1H3. The van der Waals surface area contributed by atoms with Crippen molar-refractivity contribution < 1.29 is 9.59 Å². The second kappa shape index (κ2) is 21.3. The molecule has 0 saturated heterocycles. The highest BCUT2D eigenvalue weighted by atomic mass is 16.1. The highest BCUT2D eigenvalue weighted by molar-refractivity contribution is 5.65. The molecule has 0 heterocycles. The summed E-state index contributed by atoms with van der Waals surface area (Å²) >= 11 is 0. The average Bonchev–Trinajstić information content (AvgIpc) is 2.59. The van der Waals surface area contributed by atoms with Crippen molar-refractivity contribution in [2.24, 2.45) is 5.41 Å². The van der Waals surface area contributed by atoms with Crippen LogP contribution in [-0.4, -0.2) is 12.6 Å². The Kier molecular flexibility index (Phi) is 21.8. The molecule has 0 bridgehead atoms. The first-order valence-electron chi connectivity index (χ1n) is 10.0. The highest BCUT2D eigenvalue weighted by Crippen LogP contribution is 2.21. The van der Waals surface area contributed by atoms with Crippen molar-refractivity contribution in [1.82, 2.24) is 0 Å². The van der Waals surface area contributed by atoms with Crippen molar-refractivity contribution >= 4 is 12.6 Å². The van der Waals surface area contributed by atoms with Gasteiger partial charge in [-0.05, 0) is 49.7 Å². The van der Waals surface area contributed by atoms with Crippen molar-refractivity contribution in [3.63, 3.8) is 0 Å². The molecule has 0 rings (SSSR count). The Morgan fingerprint density at radius 1 is 0.615 bits per heavy atom. The number of hydrogen-bond acceptors (Lipinski definition) is 2. The molecule has 0 aromatic heterocycles. The third kappa shape index (κ3) is 30.2. The Morgan fingerprint density at radius 3 is 1.54 bits per heavy atom. The van der Waals surface area contributed by atoms with Gasteiger partial charge in [-0.25, -0.2) is 0 Å². The van der Waals surface area contributed by atoms with Gasteiger partial charge in [-0.1, -0.05) is 89.8 Å². The fourth-order valence-electron chi connectivity index (χ4n) is 2.18. The van der Waals surface area contributed by atoms with Gasteiger partial charge >= 0.3 is 0 Å². The molecule has 0 atom stereocenters. The fraction of sp³-hybridized carbons (Fsp3) is 0.583. The Hall–Kier alpha value is -1.70. The molecular weight excluding hydrogens is 320 g/mol. The molecule has 0 saturated carbocycles. The van der Waals surface area contributed by atoms with Crippen LogP contribution in [0.25, 0.3) is 0 Å². The predicted octanol–water partition coefficient (Wildman–Crippen LogP) is 7.17. The van der Waals surface area contributed by atoms with Gasteiger partial charge in [0.1, 0.15) is 12.6 Å². The van der Waals surface area contributed by atoms with Crippen molar-refractivity contribution in [2.75, 3.05) is 0 Å². The lowest BCUT2D eigenvalue weighted by atomic mass is 9.89. The number of carbonyl (C=O) groups excluding carboxylic acids is 2.